The predicted molar refractivity (Wildman–Crippen MR) is 167 cm³/mol. The molecule has 6 heteroatoms. The van der Waals surface area contributed by atoms with Crippen molar-refractivity contribution in [3.05, 3.63) is 12.3 Å². The van der Waals surface area contributed by atoms with Crippen LogP contribution in [0.15, 0.2) is 12.3 Å². The van der Waals surface area contributed by atoms with Crippen molar-refractivity contribution in [2.24, 2.45) is 17.8 Å². The third-order valence-corrected chi connectivity index (χ3v) is 22.5. The van der Waals surface area contributed by atoms with Gasteiger partial charge in [-0.05, 0) is 57.9 Å². The molecule has 1 saturated heterocycles. The lowest BCUT2D eigenvalue weighted by molar-refractivity contribution is -0.215. The summed E-state index contributed by atoms with van der Waals surface area (Å²) in [4.78, 5) is 0. The van der Waals surface area contributed by atoms with Crippen molar-refractivity contribution in [2.75, 3.05) is 6.61 Å². The van der Waals surface area contributed by atoms with E-state index in [-0.39, 0.29) is 24.4 Å². The zero-order valence-corrected chi connectivity index (χ0v) is 29.6. The van der Waals surface area contributed by atoms with Gasteiger partial charge in [0.2, 0.25) is 14.6 Å². The highest BCUT2D eigenvalue weighted by molar-refractivity contribution is 6.78. The molecular formula is C32H64O4Si2. The van der Waals surface area contributed by atoms with Gasteiger partial charge in [0.05, 0.1) is 18.0 Å². The Balaban J connectivity index is 2.16. The van der Waals surface area contributed by atoms with E-state index in [1.165, 1.54) is 6.42 Å². The van der Waals surface area contributed by atoms with Gasteiger partial charge in [0.25, 0.3) is 0 Å². The Hall–Kier alpha value is -0.146. The van der Waals surface area contributed by atoms with Crippen LogP contribution in [0.2, 0.25) is 33.2 Å². The summed E-state index contributed by atoms with van der Waals surface area (Å²) < 4.78 is 27.3. The van der Waals surface area contributed by atoms with Crippen LogP contribution in [-0.2, 0) is 18.3 Å². The van der Waals surface area contributed by atoms with Crippen LogP contribution in [0.5, 0.6) is 0 Å². The third kappa shape index (κ3) is 7.19. The lowest BCUT2D eigenvalue weighted by Crippen LogP contribution is -2.52. The van der Waals surface area contributed by atoms with E-state index in [1.807, 2.05) is 0 Å². The Morgan fingerprint density at radius 1 is 0.789 bits per heavy atom. The van der Waals surface area contributed by atoms with E-state index in [0.717, 1.165) is 25.2 Å². The summed E-state index contributed by atoms with van der Waals surface area (Å²) in [6, 6.07) is 0. The molecule has 0 amide bonds. The zero-order valence-electron chi connectivity index (χ0n) is 27.6. The van der Waals surface area contributed by atoms with Gasteiger partial charge in [-0.15, -0.1) is 0 Å². The molecule has 2 rings (SSSR count). The summed E-state index contributed by atoms with van der Waals surface area (Å²) in [7, 11) is -3.89. The van der Waals surface area contributed by atoms with E-state index in [1.54, 1.807) is 0 Å². The second kappa shape index (κ2) is 13.7. The Labute approximate surface area is 239 Å². The van der Waals surface area contributed by atoms with Crippen molar-refractivity contribution in [2.45, 2.75) is 168 Å². The smallest absolute Gasteiger partial charge is 0.202 e. The number of hydrogen-bond acceptors (Lipinski definition) is 4. The van der Waals surface area contributed by atoms with Crippen molar-refractivity contribution in [1.82, 2.24) is 0 Å². The summed E-state index contributed by atoms with van der Waals surface area (Å²) in [6.07, 6.45) is 2.89. The number of hydrogen-bond donors (Lipinski definition) is 0. The van der Waals surface area contributed by atoms with Gasteiger partial charge in [0.15, 0.2) is 8.32 Å². The fraction of sp³-hybridized carbons (Fsp3) is 0.938. The van der Waals surface area contributed by atoms with E-state index in [9.17, 15) is 0 Å². The quantitative estimate of drug-likeness (QED) is 0.184. The van der Waals surface area contributed by atoms with Gasteiger partial charge in [-0.2, -0.15) is 0 Å². The minimum Gasteiger partial charge on any atom is -0.469 e. The fourth-order valence-corrected chi connectivity index (χ4v) is 19.2. The van der Waals surface area contributed by atoms with Crippen LogP contribution in [0.1, 0.15) is 116 Å². The molecule has 224 valence electrons. The Morgan fingerprint density at radius 3 is 1.63 bits per heavy atom. The van der Waals surface area contributed by atoms with Gasteiger partial charge >= 0.3 is 0 Å². The minimum atomic E-state index is -2.00. The summed E-state index contributed by atoms with van der Waals surface area (Å²) in [5, 5.41) is 0. The van der Waals surface area contributed by atoms with Crippen LogP contribution in [0, 0.1) is 17.8 Å². The van der Waals surface area contributed by atoms with Crippen LogP contribution >= 0.6 is 0 Å². The van der Waals surface area contributed by atoms with E-state index in [4.69, 9.17) is 18.3 Å². The van der Waals surface area contributed by atoms with Crippen LogP contribution in [0.3, 0.4) is 0 Å². The molecule has 4 nitrogen and oxygen atoms in total. The molecule has 6 atom stereocenters. The Morgan fingerprint density at radius 2 is 1.24 bits per heavy atom. The second-order valence-electron chi connectivity index (χ2n) is 14.5. The second-order valence-corrected chi connectivity index (χ2v) is 25.4. The van der Waals surface area contributed by atoms with E-state index in [0.29, 0.717) is 45.1 Å². The van der Waals surface area contributed by atoms with Gasteiger partial charge < -0.3 is 18.3 Å². The number of ether oxygens (including phenoxy) is 2. The molecule has 1 heterocycles. The van der Waals surface area contributed by atoms with Gasteiger partial charge in [-0.3, -0.25) is 0 Å². The molecular weight excluding hydrogens is 505 g/mol. The molecule has 2 fully saturated rings. The van der Waals surface area contributed by atoms with Gasteiger partial charge in [-0.25, -0.2) is 0 Å². The van der Waals surface area contributed by atoms with Crippen molar-refractivity contribution < 1.29 is 18.3 Å². The van der Waals surface area contributed by atoms with E-state index >= 15 is 0 Å². The highest BCUT2D eigenvalue weighted by Crippen LogP contribution is 2.50. The van der Waals surface area contributed by atoms with Crippen molar-refractivity contribution in [3.63, 3.8) is 0 Å². The van der Waals surface area contributed by atoms with Crippen molar-refractivity contribution in [3.8, 4) is 0 Å². The first kappa shape index (κ1) is 34.1. The average Bonchev–Trinajstić information content (AvgIpc) is 3.51. The highest BCUT2D eigenvalue weighted by Gasteiger charge is 2.52. The maximum Gasteiger partial charge on any atom is 0.202 e. The average molecular weight is 569 g/mol. The highest BCUT2D eigenvalue weighted by atomic mass is 28.4. The summed E-state index contributed by atoms with van der Waals surface area (Å²) in [5.41, 5.74) is 3.47. The van der Waals surface area contributed by atoms with E-state index in [2.05, 4.69) is 104 Å². The minimum absolute atomic E-state index is 0.0685. The molecule has 1 aliphatic carbocycles. The summed E-state index contributed by atoms with van der Waals surface area (Å²) >= 11 is 0. The first-order valence-electron chi connectivity index (χ1n) is 15.8. The van der Waals surface area contributed by atoms with Crippen molar-refractivity contribution in [1.29, 1.82) is 0 Å². The molecule has 0 N–H and O–H groups in total. The molecule has 1 aliphatic heterocycles. The van der Waals surface area contributed by atoms with Crippen LogP contribution in [-0.4, -0.2) is 41.7 Å². The van der Waals surface area contributed by atoms with Crippen LogP contribution in [0.25, 0.3) is 0 Å². The molecule has 0 spiro atoms. The third-order valence-electron chi connectivity index (χ3n) is 10.3. The maximum absolute atomic E-state index is 7.35. The maximum atomic E-state index is 7.35. The predicted octanol–water partition coefficient (Wildman–Crippen LogP) is 10.1. The first-order chi connectivity index (χ1) is 17.5. The van der Waals surface area contributed by atoms with Crippen LogP contribution < -0.4 is 0 Å². The molecule has 0 radical (unpaired) electrons. The first-order valence-corrected chi connectivity index (χ1v) is 20.1. The Kier molecular flexibility index (Phi) is 12.3. The van der Waals surface area contributed by atoms with Gasteiger partial charge in [-0.1, -0.05) is 104 Å². The van der Waals surface area contributed by atoms with Crippen LogP contribution in [0.4, 0.5) is 0 Å². The number of rotatable bonds is 15. The van der Waals surface area contributed by atoms with Gasteiger partial charge in [0, 0.05) is 18.9 Å². The lowest BCUT2D eigenvalue weighted by Gasteiger charge is -2.46. The molecule has 0 bridgehead atoms. The molecule has 0 aromatic carbocycles. The zero-order chi connectivity index (χ0) is 29.2. The summed E-state index contributed by atoms with van der Waals surface area (Å²) in [5.74, 6) is 2.34. The molecule has 0 aromatic rings. The van der Waals surface area contributed by atoms with Gasteiger partial charge in [0.1, 0.15) is 0 Å². The Bertz CT molecular complexity index is 704. The lowest BCUT2D eigenvalue weighted by atomic mass is 9.98. The molecule has 0 unspecified atom stereocenters. The normalized spacial score (nSPS) is 27.8. The van der Waals surface area contributed by atoms with E-state index < -0.39 is 16.6 Å². The largest absolute Gasteiger partial charge is 0.469 e. The molecule has 0 aromatic heterocycles. The van der Waals surface area contributed by atoms with Crippen molar-refractivity contribution >= 4 is 16.6 Å². The standard InChI is InChI=1S/C32H64O4Si2/c1-20(2)37(21(3)4,22(5)6)33-17-16-30-27(14)28(15)34-32(35-30)19-31(29-18-26(29)13)36-38(23(7)8,24(9)10)25(11)12/h20-27,29-32H,15-19H2,1-14H3/t26-,27-,29-,30+,31+,32-/m1/s1. The fourth-order valence-electron chi connectivity index (χ4n) is 8.14. The topological polar surface area (TPSA) is 36.9 Å². The SMILES string of the molecule is C=C1O[C@@H](C[C@H](O[Si](C(C)C)(C(C)C)C(C)C)[C@@H]2C[C@H]2C)O[C@@H](CCO[Si](C(C)C)(C(C)C)C(C)C)[C@@H]1C. The molecule has 38 heavy (non-hydrogen) atoms. The monoisotopic (exact) mass is 568 g/mol. The molecule has 1 saturated carbocycles. The summed E-state index contributed by atoms with van der Waals surface area (Å²) in [6.45, 7) is 38.0. The molecule has 2 aliphatic rings.